The minimum absolute atomic E-state index is 0.107. The number of hydrogen-bond donors (Lipinski definition) is 3. The minimum Gasteiger partial charge on any atom is -0.325 e. The Hall–Kier alpha value is -2.68. The van der Waals surface area contributed by atoms with Gasteiger partial charge in [-0.2, -0.15) is 0 Å². The first-order valence-electron chi connectivity index (χ1n) is 9.03. The molecule has 9 heteroatoms. The van der Waals surface area contributed by atoms with Crippen molar-refractivity contribution < 1.29 is 14.0 Å². The molecule has 3 rings (SSSR count). The van der Waals surface area contributed by atoms with Gasteiger partial charge in [0.05, 0.1) is 11.5 Å². The highest BCUT2D eigenvalue weighted by Crippen LogP contribution is 2.31. The molecule has 2 aromatic rings. The fraction of sp³-hybridized carbons (Fsp3) is 0.368. The van der Waals surface area contributed by atoms with E-state index in [2.05, 4.69) is 27.5 Å². The van der Waals surface area contributed by atoms with Crippen LogP contribution < -0.4 is 16.2 Å². The summed E-state index contributed by atoms with van der Waals surface area (Å²) in [6, 6.07) is 4.04. The lowest BCUT2D eigenvalue weighted by Crippen LogP contribution is -2.36. The Morgan fingerprint density at radius 2 is 2.18 bits per heavy atom. The van der Waals surface area contributed by atoms with Gasteiger partial charge < -0.3 is 15.6 Å². The van der Waals surface area contributed by atoms with Crippen molar-refractivity contribution in [2.75, 3.05) is 16.4 Å². The number of carbonyl (C=O) groups excluding carboxylic acids is 2. The number of amides is 2. The van der Waals surface area contributed by atoms with Crippen molar-refractivity contribution in [1.29, 1.82) is 0 Å². The molecule has 1 aliphatic rings. The van der Waals surface area contributed by atoms with Crippen molar-refractivity contribution in [3.8, 4) is 0 Å². The molecule has 148 valence electrons. The molecule has 0 saturated carbocycles. The van der Waals surface area contributed by atoms with Gasteiger partial charge in [0.15, 0.2) is 5.16 Å². The van der Waals surface area contributed by atoms with Gasteiger partial charge in [0.2, 0.25) is 11.8 Å². The third kappa shape index (κ3) is 4.41. The summed E-state index contributed by atoms with van der Waals surface area (Å²) in [6.07, 6.45) is 1.80. The number of fused-ring (bicyclic) bond motifs is 1. The first-order valence-corrected chi connectivity index (χ1v) is 10.0. The third-order valence-electron chi connectivity index (χ3n) is 4.44. The molecular formula is C19H21FN4O3S. The van der Waals surface area contributed by atoms with E-state index >= 15 is 0 Å². The predicted octanol–water partition coefficient (Wildman–Crippen LogP) is 3.17. The maximum absolute atomic E-state index is 13.5. The molecule has 1 aliphatic heterocycles. The summed E-state index contributed by atoms with van der Waals surface area (Å²) in [7, 11) is 0. The van der Waals surface area contributed by atoms with Crippen molar-refractivity contribution in [3.05, 3.63) is 45.5 Å². The van der Waals surface area contributed by atoms with Crippen LogP contribution in [0, 0.1) is 12.7 Å². The number of aromatic amines is 1. The maximum Gasteiger partial charge on any atom is 0.257 e. The number of nitrogens with zero attached hydrogens (tertiary/aromatic N) is 1. The van der Waals surface area contributed by atoms with Crippen LogP contribution in [0.25, 0.3) is 0 Å². The number of nitrogens with one attached hydrogen (secondary N) is 3. The SMILES string of the molecule is CCCCSc1nc2c(c(=O)[nH]1)C(C(=O)Nc1cc(F)ccc1C)CC(=O)N2. The van der Waals surface area contributed by atoms with Crippen LogP contribution in [0.4, 0.5) is 15.9 Å². The van der Waals surface area contributed by atoms with Crippen LogP contribution in [-0.2, 0) is 9.59 Å². The van der Waals surface area contributed by atoms with Gasteiger partial charge in [-0.05, 0) is 31.0 Å². The van der Waals surface area contributed by atoms with Gasteiger partial charge in [-0.1, -0.05) is 31.2 Å². The molecule has 1 unspecified atom stereocenters. The summed E-state index contributed by atoms with van der Waals surface area (Å²) in [6.45, 7) is 3.79. The predicted molar refractivity (Wildman–Crippen MR) is 106 cm³/mol. The lowest BCUT2D eigenvalue weighted by atomic mass is 9.92. The fourth-order valence-electron chi connectivity index (χ4n) is 2.90. The Balaban J connectivity index is 1.89. The van der Waals surface area contributed by atoms with Crippen molar-refractivity contribution in [3.63, 3.8) is 0 Å². The summed E-state index contributed by atoms with van der Waals surface area (Å²) < 4.78 is 13.5. The molecule has 0 fully saturated rings. The molecule has 2 amide bonds. The monoisotopic (exact) mass is 404 g/mol. The molecule has 28 heavy (non-hydrogen) atoms. The lowest BCUT2D eigenvalue weighted by Gasteiger charge is -2.23. The quantitative estimate of drug-likeness (QED) is 0.390. The topological polar surface area (TPSA) is 104 Å². The van der Waals surface area contributed by atoms with Gasteiger partial charge >= 0.3 is 0 Å². The number of aromatic nitrogens is 2. The van der Waals surface area contributed by atoms with Crippen LogP contribution in [-0.4, -0.2) is 27.5 Å². The molecule has 0 spiro atoms. The molecular weight excluding hydrogens is 383 g/mol. The number of benzene rings is 1. The normalized spacial score (nSPS) is 15.7. The maximum atomic E-state index is 13.5. The highest BCUT2D eigenvalue weighted by molar-refractivity contribution is 7.99. The Morgan fingerprint density at radius 3 is 2.93 bits per heavy atom. The average Bonchev–Trinajstić information content (AvgIpc) is 2.64. The number of rotatable bonds is 6. The molecule has 2 heterocycles. The number of H-pyrrole nitrogens is 1. The largest absolute Gasteiger partial charge is 0.325 e. The van der Waals surface area contributed by atoms with E-state index in [1.165, 1.54) is 23.9 Å². The van der Waals surface area contributed by atoms with E-state index in [4.69, 9.17) is 0 Å². The van der Waals surface area contributed by atoms with Crippen molar-refractivity contribution in [2.24, 2.45) is 0 Å². The number of thioether (sulfide) groups is 1. The molecule has 1 atom stereocenters. The molecule has 1 aromatic heterocycles. The summed E-state index contributed by atoms with van der Waals surface area (Å²) >= 11 is 1.39. The number of aryl methyl sites for hydroxylation is 1. The summed E-state index contributed by atoms with van der Waals surface area (Å²) in [5.74, 6) is -1.55. The molecule has 0 aliphatic carbocycles. The van der Waals surface area contributed by atoms with Crippen molar-refractivity contribution >= 4 is 35.1 Å². The number of anilines is 2. The molecule has 1 aromatic carbocycles. The number of halogens is 1. The Labute approximate surface area is 165 Å². The van der Waals surface area contributed by atoms with E-state index in [0.29, 0.717) is 16.4 Å². The third-order valence-corrected chi connectivity index (χ3v) is 5.40. The van der Waals surface area contributed by atoms with E-state index in [0.717, 1.165) is 18.6 Å². The fourth-order valence-corrected chi connectivity index (χ4v) is 3.85. The van der Waals surface area contributed by atoms with Gasteiger partial charge in [-0.15, -0.1) is 0 Å². The zero-order valence-electron chi connectivity index (χ0n) is 15.6. The second kappa shape index (κ2) is 8.55. The van der Waals surface area contributed by atoms with Gasteiger partial charge in [0.25, 0.3) is 5.56 Å². The number of hydrogen-bond acceptors (Lipinski definition) is 5. The smallest absolute Gasteiger partial charge is 0.257 e. The van der Waals surface area contributed by atoms with E-state index in [1.54, 1.807) is 13.0 Å². The molecule has 0 radical (unpaired) electrons. The highest BCUT2D eigenvalue weighted by Gasteiger charge is 2.35. The zero-order chi connectivity index (χ0) is 20.3. The average molecular weight is 404 g/mol. The zero-order valence-corrected chi connectivity index (χ0v) is 16.4. The van der Waals surface area contributed by atoms with Crippen molar-refractivity contribution in [2.45, 2.75) is 44.2 Å². The summed E-state index contributed by atoms with van der Waals surface area (Å²) in [5, 5.41) is 5.60. The Bertz CT molecular complexity index is 976. The second-order valence-electron chi connectivity index (χ2n) is 6.59. The number of carbonyl (C=O) groups is 2. The molecule has 3 N–H and O–H groups in total. The van der Waals surface area contributed by atoms with Crippen LogP contribution in [0.1, 0.15) is 43.2 Å². The van der Waals surface area contributed by atoms with Crippen LogP contribution >= 0.6 is 11.8 Å². The summed E-state index contributed by atoms with van der Waals surface area (Å²) in [4.78, 5) is 44.5. The second-order valence-corrected chi connectivity index (χ2v) is 7.67. The summed E-state index contributed by atoms with van der Waals surface area (Å²) in [5.41, 5.74) is 0.629. The van der Waals surface area contributed by atoms with Crippen LogP contribution in [0.3, 0.4) is 0 Å². The van der Waals surface area contributed by atoms with Crippen LogP contribution in [0.2, 0.25) is 0 Å². The first kappa shape index (κ1) is 20.1. The minimum atomic E-state index is -1.00. The van der Waals surface area contributed by atoms with Gasteiger partial charge in [-0.3, -0.25) is 14.4 Å². The molecule has 7 nitrogen and oxygen atoms in total. The Kier molecular flexibility index (Phi) is 6.13. The van der Waals surface area contributed by atoms with Gasteiger partial charge in [-0.25, -0.2) is 9.37 Å². The van der Waals surface area contributed by atoms with E-state index in [-0.39, 0.29) is 17.8 Å². The first-order chi connectivity index (χ1) is 13.4. The van der Waals surface area contributed by atoms with Crippen LogP contribution in [0.5, 0.6) is 0 Å². The lowest BCUT2D eigenvalue weighted by molar-refractivity contribution is -0.123. The number of unbranched alkanes of at least 4 members (excludes halogenated alkanes) is 1. The van der Waals surface area contributed by atoms with E-state index < -0.39 is 29.1 Å². The van der Waals surface area contributed by atoms with E-state index in [9.17, 15) is 18.8 Å². The Morgan fingerprint density at radius 1 is 1.39 bits per heavy atom. The standard InChI is InChI=1S/C19H21FN4O3S/c1-3-4-7-28-19-23-16-15(18(27)24-19)12(9-14(25)22-16)17(26)21-13-8-11(20)6-5-10(13)2/h5-6,8,12H,3-4,7,9H2,1-2H3,(H,21,26)(H2,22,23,24,25,27). The van der Waals surface area contributed by atoms with Crippen molar-refractivity contribution in [1.82, 2.24) is 9.97 Å². The van der Waals surface area contributed by atoms with Crippen LogP contribution in [0.15, 0.2) is 28.2 Å². The van der Waals surface area contributed by atoms with Gasteiger partial charge in [0, 0.05) is 17.9 Å². The molecule has 0 saturated heterocycles. The highest BCUT2D eigenvalue weighted by atomic mass is 32.2. The van der Waals surface area contributed by atoms with Gasteiger partial charge in [0.1, 0.15) is 11.6 Å². The molecule has 0 bridgehead atoms. The van der Waals surface area contributed by atoms with E-state index in [1.807, 2.05) is 0 Å².